The third kappa shape index (κ3) is 6.31. The molecule has 0 atom stereocenters. The third-order valence-corrected chi connectivity index (χ3v) is 6.25. The smallest absolute Gasteiger partial charge is 0.255 e. The molecule has 6 nitrogen and oxygen atoms in total. The van der Waals surface area contributed by atoms with Crippen LogP contribution in [0.2, 0.25) is 0 Å². The van der Waals surface area contributed by atoms with Gasteiger partial charge >= 0.3 is 0 Å². The molecule has 0 radical (unpaired) electrons. The van der Waals surface area contributed by atoms with E-state index in [1.54, 1.807) is 36.4 Å². The van der Waals surface area contributed by atoms with E-state index in [9.17, 15) is 9.59 Å². The minimum Gasteiger partial charge on any atom is -0.348 e. The normalized spacial score (nSPS) is 14.5. The molecule has 2 N–H and O–H groups in total. The highest BCUT2D eigenvalue weighted by molar-refractivity contribution is 6.08. The number of anilines is 1. The number of hydrogen-bond acceptors (Lipinski definition) is 4. The second-order valence-corrected chi connectivity index (χ2v) is 8.58. The number of para-hydroxylation sites is 1. The largest absolute Gasteiger partial charge is 0.348 e. The maximum Gasteiger partial charge on any atom is 0.255 e. The Morgan fingerprint density at radius 1 is 0.735 bits per heavy atom. The second kappa shape index (κ2) is 11.6. The summed E-state index contributed by atoms with van der Waals surface area (Å²) in [4.78, 5) is 30.4. The fourth-order valence-electron chi connectivity index (χ4n) is 4.14. The topological polar surface area (TPSA) is 64.7 Å². The van der Waals surface area contributed by atoms with Gasteiger partial charge in [-0.25, -0.2) is 0 Å². The number of amides is 2. The average Bonchev–Trinajstić information content (AvgIpc) is 2.89. The van der Waals surface area contributed by atoms with Gasteiger partial charge in [0.2, 0.25) is 0 Å². The number of hydrogen-bond donors (Lipinski definition) is 2. The molecule has 1 saturated heterocycles. The Balaban J connectivity index is 1.31. The molecule has 1 aliphatic rings. The summed E-state index contributed by atoms with van der Waals surface area (Å²) in [5.74, 6) is -0.464. The molecule has 34 heavy (non-hydrogen) atoms. The van der Waals surface area contributed by atoms with E-state index in [-0.39, 0.29) is 11.8 Å². The molecule has 0 spiro atoms. The van der Waals surface area contributed by atoms with Gasteiger partial charge in [0.15, 0.2) is 0 Å². The van der Waals surface area contributed by atoms with Gasteiger partial charge in [-0.15, -0.1) is 0 Å². The predicted octanol–water partition coefficient (Wildman–Crippen LogP) is 4.01. The first-order valence-electron chi connectivity index (χ1n) is 11.9. The molecule has 0 unspecified atom stereocenters. The van der Waals surface area contributed by atoms with Gasteiger partial charge < -0.3 is 15.5 Å². The predicted molar refractivity (Wildman–Crippen MR) is 136 cm³/mol. The molecule has 0 aromatic heterocycles. The van der Waals surface area contributed by atoms with Crippen LogP contribution in [0.5, 0.6) is 0 Å². The molecule has 0 saturated carbocycles. The molecule has 6 heteroatoms. The third-order valence-electron chi connectivity index (χ3n) is 6.25. The van der Waals surface area contributed by atoms with Crippen molar-refractivity contribution in [1.29, 1.82) is 0 Å². The van der Waals surface area contributed by atoms with E-state index in [4.69, 9.17) is 0 Å². The molecular formula is C28H32N4O2. The van der Waals surface area contributed by atoms with E-state index in [2.05, 4.69) is 51.6 Å². The molecule has 4 rings (SSSR count). The summed E-state index contributed by atoms with van der Waals surface area (Å²) in [6, 6.07) is 24.4. The molecule has 1 fully saturated rings. The molecule has 0 aliphatic carbocycles. The van der Waals surface area contributed by atoms with E-state index in [0.29, 0.717) is 23.4 Å². The van der Waals surface area contributed by atoms with Gasteiger partial charge in [0.05, 0.1) is 11.3 Å². The zero-order valence-electron chi connectivity index (χ0n) is 19.7. The Kier molecular flexibility index (Phi) is 8.07. The van der Waals surface area contributed by atoms with E-state index in [0.717, 1.165) is 44.8 Å². The number of likely N-dealkylation sites (N-methyl/N-ethyl adjacent to an activating group) is 1. The SMILES string of the molecule is CCN1CCN(Cc2ccc(CNC(=O)c3ccccc3NC(=O)c3ccccc3)cc2)CC1. The van der Waals surface area contributed by atoms with Crippen molar-refractivity contribution in [2.24, 2.45) is 0 Å². The first kappa shape index (κ1) is 23.7. The van der Waals surface area contributed by atoms with Gasteiger partial charge in [0, 0.05) is 44.8 Å². The highest BCUT2D eigenvalue weighted by atomic mass is 16.2. The zero-order valence-corrected chi connectivity index (χ0v) is 19.7. The van der Waals surface area contributed by atoms with E-state index in [1.807, 2.05) is 18.2 Å². The quantitative estimate of drug-likeness (QED) is 0.538. The van der Waals surface area contributed by atoms with Crippen LogP contribution in [-0.4, -0.2) is 54.3 Å². The lowest BCUT2D eigenvalue weighted by Crippen LogP contribution is -2.45. The van der Waals surface area contributed by atoms with Crippen LogP contribution < -0.4 is 10.6 Å². The van der Waals surface area contributed by atoms with Crippen molar-refractivity contribution in [1.82, 2.24) is 15.1 Å². The summed E-state index contributed by atoms with van der Waals surface area (Å²) in [5, 5.41) is 5.83. The lowest BCUT2D eigenvalue weighted by molar-refractivity contribution is 0.0952. The number of piperazine rings is 1. The van der Waals surface area contributed by atoms with Crippen LogP contribution in [0, 0.1) is 0 Å². The molecule has 176 valence electrons. The Hall–Kier alpha value is -3.48. The number of nitrogens with one attached hydrogen (secondary N) is 2. The number of carbonyl (C=O) groups is 2. The maximum absolute atomic E-state index is 12.9. The van der Waals surface area contributed by atoms with E-state index < -0.39 is 0 Å². The highest BCUT2D eigenvalue weighted by Crippen LogP contribution is 2.17. The number of carbonyl (C=O) groups excluding carboxylic acids is 2. The fourth-order valence-corrected chi connectivity index (χ4v) is 4.14. The monoisotopic (exact) mass is 456 g/mol. The van der Waals surface area contributed by atoms with Crippen molar-refractivity contribution in [2.75, 3.05) is 38.0 Å². The molecule has 0 bridgehead atoms. The summed E-state index contributed by atoms with van der Waals surface area (Å²) >= 11 is 0. The molecule has 1 aliphatic heterocycles. The van der Waals surface area contributed by atoms with Crippen molar-refractivity contribution < 1.29 is 9.59 Å². The number of rotatable bonds is 8. The molecule has 3 aromatic carbocycles. The summed E-state index contributed by atoms with van der Waals surface area (Å²) in [7, 11) is 0. The Morgan fingerprint density at radius 2 is 1.35 bits per heavy atom. The first-order valence-corrected chi connectivity index (χ1v) is 11.9. The van der Waals surface area contributed by atoms with Gasteiger partial charge in [0.1, 0.15) is 0 Å². The van der Waals surface area contributed by atoms with Gasteiger partial charge in [0.25, 0.3) is 11.8 Å². The number of nitrogens with zero attached hydrogens (tertiary/aromatic N) is 2. The van der Waals surface area contributed by atoms with E-state index in [1.165, 1.54) is 5.56 Å². The van der Waals surface area contributed by atoms with Crippen LogP contribution in [0.25, 0.3) is 0 Å². The van der Waals surface area contributed by atoms with Crippen LogP contribution >= 0.6 is 0 Å². The highest BCUT2D eigenvalue weighted by Gasteiger charge is 2.16. The van der Waals surface area contributed by atoms with Crippen molar-refractivity contribution in [3.05, 3.63) is 101 Å². The van der Waals surface area contributed by atoms with Gasteiger partial charge in [-0.2, -0.15) is 0 Å². The van der Waals surface area contributed by atoms with Crippen molar-refractivity contribution in [2.45, 2.75) is 20.0 Å². The van der Waals surface area contributed by atoms with Crippen molar-refractivity contribution >= 4 is 17.5 Å². The van der Waals surface area contributed by atoms with Gasteiger partial charge in [-0.1, -0.05) is 61.5 Å². The Morgan fingerprint density at radius 3 is 2.06 bits per heavy atom. The van der Waals surface area contributed by atoms with Crippen LogP contribution in [0.1, 0.15) is 38.8 Å². The zero-order chi connectivity index (χ0) is 23.8. The van der Waals surface area contributed by atoms with Gasteiger partial charge in [-0.05, 0) is 41.9 Å². The van der Waals surface area contributed by atoms with Crippen molar-refractivity contribution in [3.63, 3.8) is 0 Å². The van der Waals surface area contributed by atoms with Gasteiger partial charge in [-0.3, -0.25) is 14.5 Å². The Labute approximate surface area is 201 Å². The summed E-state index contributed by atoms with van der Waals surface area (Å²) < 4.78 is 0. The second-order valence-electron chi connectivity index (χ2n) is 8.58. The van der Waals surface area contributed by atoms with Crippen molar-refractivity contribution in [3.8, 4) is 0 Å². The molecule has 1 heterocycles. The molecule has 3 aromatic rings. The minimum atomic E-state index is -0.243. The summed E-state index contributed by atoms with van der Waals surface area (Å²) in [5.41, 5.74) is 3.81. The molecule has 2 amide bonds. The first-order chi connectivity index (χ1) is 16.6. The fraction of sp³-hybridized carbons (Fsp3) is 0.286. The molecular weight excluding hydrogens is 424 g/mol. The standard InChI is InChI=1S/C28H32N4O2/c1-2-31-16-18-32(19-17-31)21-23-14-12-22(13-15-23)20-29-28(34)25-10-6-7-11-26(25)30-27(33)24-8-4-3-5-9-24/h3-15H,2,16-21H2,1H3,(H,29,34)(H,30,33). The average molecular weight is 457 g/mol. The lowest BCUT2D eigenvalue weighted by Gasteiger charge is -2.34. The van der Waals surface area contributed by atoms with Crippen LogP contribution in [-0.2, 0) is 13.1 Å². The maximum atomic E-state index is 12.9. The summed E-state index contributed by atoms with van der Waals surface area (Å²) in [6.07, 6.45) is 0. The van der Waals surface area contributed by atoms with Crippen LogP contribution in [0.15, 0.2) is 78.9 Å². The Bertz CT molecular complexity index is 1090. The lowest BCUT2D eigenvalue weighted by atomic mass is 10.1. The number of benzene rings is 3. The van der Waals surface area contributed by atoms with Crippen LogP contribution in [0.4, 0.5) is 5.69 Å². The minimum absolute atomic E-state index is 0.221. The van der Waals surface area contributed by atoms with Crippen LogP contribution in [0.3, 0.4) is 0 Å². The van der Waals surface area contributed by atoms with E-state index >= 15 is 0 Å². The summed E-state index contributed by atoms with van der Waals surface area (Å²) in [6.45, 7) is 9.19.